The first-order valence-corrected chi connectivity index (χ1v) is 8.15. The number of amides is 1. The lowest BCUT2D eigenvalue weighted by Gasteiger charge is -2.11. The molecule has 0 saturated carbocycles. The summed E-state index contributed by atoms with van der Waals surface area (Å²) in [6, 6.07) is 19.1. The number of carbonyl (C=O) groups is 1. The minimum atomic E-state index is -0.125. The average Bonchev–Trinajstić information content (AvgIpc) is 2.99. The Morgan fingerprint density at radius 2 is 1.75 bits per heavy atom. The van der Waals surface area contributed by atoms with Gasteiger partial charge in [0.05, 0.1) is 16.4 Å². The van der Waals surface area contributed by atoms with Crippen LogP contribution in [0.25, 0.3) is 16.9 Å². The normalized spacial score (nSPS) is 10.8. The highest BCUT2D eigenvalue weighted by atomic mass is 35.5. The number of halogens is 1. The van der Waals surface area contributed by atoms with Crippen molar-refractivity contribution in [2.75, 3.05) is 5.32 Å². The first-order valence-electron chi connectivity index (χ1n) is 7.77. The lowest BCUT2D eigenvalue weighted by Crippen LogP contribution is -2.20. The second-order valence-electron chi connectivity index (χ2n) is 5.79. The highest BCUT2D eigenvalue weighted by Crippen LogP contribution is 2.28. The van der Waals surface area contributed by atoms with E-state index in [4.69, 9.17) is 11.6 Å². The molecule has 0 aliphatic heterocycles. The summed E-state index contributed by atoms with van der Waals surface area (Å²) < 4.78 is 1.67. The lowest BCUT2D eigenvalue weighted by molar-refractivity contribution is -0.118. The molecule has 1 N–H and O–H groups in total. The highest BCUT2D eigenvalue weighted by molar-refractivity contribution is 6.32. The maximum atomic E-state index is 12.1. The van der Waals surface area contributed by atoms with Crippen molar-refractivity contribution in [2.45, 2.75) is 13.8 Å². The Morgan fingerprint density at radius 3 is 2.42 bits per heavy atom. The van der Waals surface area contributed by atoms with Crippen LogP contribution in [0.1, 0.15) is 13.8 Å². The third kappa shape index (κ3) is 3.34. The fourth-order valence-corrected chi connectivity index (χ4v) is 2.51. The quantitative estimate of drug-likeness (QED) is 0.743. The van der Waals surface area contributed by atoms with E-state index in [1.807, 2.05) is 68.4 Å². The van der Waals surface area contributed by atoms with Crippen molar-refractivity contribution < 1.29 is 4.79 Å². The number of anilines is 1. The molecule has 0 spiro atoms. The minimum absolute atomic E-state index is 0.0668. The predicted octanol–water partition coefficient (Wildman–Crippen LogP) is 4.79. The number of para-hydroxylation sites is 1. The summed E-state index contributed by atoms with van der Waals surface area (Å²) in [7, 11) is 0. The molecule has 0 unspecified atom stereocenters. The van der Waals surface area contributed by atoms with Crippen molar-refractivity contribution >= 4 is 23.3 Å². The first-order chi connectivity index (χ1) is 11.6. The summed E-state index contributed by atoms with van der Waals surface area (Å²) in [5.41, 5.74) is 2.47. The SMILES string of the molecule is CC(C)C(=O)Nc1cc(-c2ccccc2)nn1-c1ccccc1Cl. The molecule has 24 heavy (non-hydrogen) atoms. The molecule has 3 aromatic rings. The van der Waals surface area contributed by atoms with Crippen LogP contribution in [0.15, 0.2) is 60.7 Å². The maximum absolute atomic E-state index is 12.1. The molecule has 1 aromatic heterocycles. The van der Waals surface area contributed by atoms with Gasteiger partial charge in [0.1, 0.15) is 5.82 Å². The molecule has 3 rings (SSSR count). The standard InChI is InChI=1S/C19H18ClN3O/c1-13(2)19(24)21-18-12-16(14-8-4-3-5-9-14)22-23(18)17-11-7-6-10-15(17)20/h3-13H,1-2H3,(H,21,24). The van der Waals surface area contributed by atoms with E-state index in [-0.39, 0.29) is 11.8 Å². The summed E-state index contributed by atoms with van der Waals surface area (Å²) in [4.78, 5) is 12.1. The highest BCUT2D eigenvalue weighted by Gasteiger charge is 2.16. The predicted molar refractivity (Wildman–Crippen MR) is 97.5 cm³/mol. The van der Waals surface area contributed by atoms with Crippen molar-refractivity contribution in [1.29, 1.82) is 0 Å². The Balaban J connectivity index is 2.10. The van der Waals surface area contributed by atoms with Crippen LogP contribution in [0.3, 0.4) is 0 Å². The van der Waals surface area contributed by atoms with Gasteiger partial charge in [0.2, 0.25) is 5.91 Å². The molecular weight excluding hydrogens is 322 g/mol. The molecule has 0 saturated heterocycles. The van der Waals surface area contributed by atoms with Gasteiger partial charge < -0.3 is 5.32 Å². The van der Waals surface area contributed by atoms with Gasteiger partial charge in [-0.15, -0.1) is 0 Å². The van der Waals surface area contributed by atoms with Gasteiger partial charge >= 0.3 is 0 Å². The second-order valence-corrected chi connectivity index (χ2v) is 6.20. The van der Waals surface area contributed by atoms with Gasteiger partial charge in [-0.05, 0) is 12.1 Å². The van der Waals surface area contributed by atoms with Crippen LogP contribution >= 0.6 is 11.6 Å². The van der Waals surface area contributed by atoms with E-state index in [0.717, 1.165) is 16.9 Å². The van der Waals surface area contributed by atoms with E-state index in [1.54, 1.807) is 10.7 Å². The molecule has 0 aliphatic rings. The zero-order valence-corrected chi connectivity index (χ0v) is 14.3. The van der Waals surface area contributed by atoms with Crippen LogP contribution in [-0.2, 0) is 4.79 Å². The van der Waals surface area contributed by atoms with Gasteiger partial charge in [0.25, 0.3) is 0 Å². The largest absolute Gasteiger partial charge is 0.310 e. The molecule has 122 valence electrons. The van der Waals surface area contributed by atoms with Crippen molar-refractivity contribution in [3.8, 4) is 16.9 Å². The number of nitrogens with zero attached hydrogens (tertiary/aromatic N) is 2. The van der Waals surface area contributed by atoms with Crippen LogP contribution in [0.4, 0.5) is 5.82 Å². The van der Waals surface area contributed by atoms with E-state index in [2.05, 4.69) is 10.4 Å². The van der Waals surface area contributed by atoms with Crippen LogP contribution in [0.2, 0.25) is 5.02 Å². The van der Waals surface area contributed by atoms with E-state index in [9.17, 15) is 4.79 Å². The summed E-state index contributed by atoms with van der Waals surface area (Å²) in [5, 5.41) is 8.14. The number of carbonyl (C=O) groups excluding carboxylic acids is 1. The van der Waals surface area contributed by atoms with E-state index < -0.39 is 0 Å². The molecule has 2 aromatic carbocycles. The molecule has 4 nitrogen and oxygen atoms in total. The number of benzene rings is 2. The Kier molecular flexibility index (Phi) is 4.67. The second kappa shape index (κ2) is 6.89. The average molecular weight is 340 g/mol. The van der Waals surface area contributed by atoms with Gasteiger partial charge in [-0.25, -0.2) is 4.68 Å². The Bertz CT molecular complexity index is 856. The molecule has 0 aliphatic carbocycles. The molecular formula is C19H18ClN3O. The van der Waals surface area contributed by atoms with Crippen LogP contribution in [0.5, 0.6) is 0 Å². The van der Waals surface area contributed by atoms with Crippen molar-refractivity contribution in [3.63, 3.8) is 0 Å². The number of aromatic nitrogens is 2. The smallest absolute Gasteiger partial charge is 0.228 e. The lowest BCUT2D eigenvalue weighted by atomic mass is 10.1. The van der Waals surface area contributed by atoms with Crippen LogP contribution < -0.4 is 5.32 Å². The fraction of sp³-hybridized carbons (Fsp3) is 0.158. The van der Waals surface area contributed by atoms with E-state index in [1.165, 1.54) is 0 Å². The molecule has 0 atom stereocenters. The topological polar surface area (TPSA) is 46.9 Å². The zero-order chi connectivity index (χ0) is 17.1. The zero-order valence-electron chi connectivity index (χ0n) is 13.5. The number of nitrogens with one attached hydrogen (secondary N) is 1. The number of hydrogen-bond donors (Lipinski definition) is 1. The van der Waals surface area contributed by atoms with E-state index in [0.29, 0.717) is 10.8 Å². The van der Waals surface area contributed by atoms with Gasteiger partial charge in [-0.2, -0.15) is 5.10 Å². The van der Waals surface area contributed by atoms with Crippen molar-refractivity contribution in [3.05, 3.63) is 65.7 Å². The molecule has 0 fully saturated rings. The number of hydrogen-bond acceptors (Lipinski definition) is 2. The van der Waals surface area contributed by atoms with E-state index >= 15 is 0 Å². The summed E-state index contributed by atoms with van der Waals surface area (Å²) in [5.74, 6) is 0.406. The third-order valence-corrected chi connectivity index (χ3v) is 3.95. The van der Waals surface area contributed by atoms with Gasteiger partial charge in [0.15, 0.2) is 0 Å². The summed E-state index contributed by atoms with van der Waals surface area (Å²) >= 11 is 6.31. The first kappa shape index (κ1) is 16.3. The van der Waals surface area contributed by atoms with Crippen molar-refractivity contribution in [1.82, 2.24) is 9.78 Å². The Morgan fingerprint density at radius 1 is 1.08 bits per heavy atom. The summed E-state index contributed by atoms with van der Waals surface area (Å²) in [6.45, 7) is 3.70. The molecule has 5 heteroatoms. The van der Waals surface area contributed by atoms with Crippen LogP contribution in [0, 0.1) is 5.92 Å². The molecule has 0 radical (unpaired) electrons. The maximum Gasteiger partial charge on any atom is 0.228 e. The van der Waals surface area contributed by atoms with Gasteiger partial charge in [0, 0.05) is 17.5 Å². The third-order valence-electron chi connectivity index (χ3n) is 3.64. The minimum Gasteiger partial charge on any atom is -0.310 e. The van der Waals surface area contributed by atoms with Crippen LogP contribution in [-0.4, -0.2) is 15.7 Å². The number of rotatable bonds is 4. The van der Waals surface area contributed by atoms with Crippen molar-refractivity contribution in [2.24, 2.45) is 5.92 Å². The molecule has 0 bridgehead atoms. The van der Waals surface area contributed by atoms with Gasteiger partial charge in [-0.3, -0.25) is 4.79 Å². The Hall–Kier alpha value is -2.59. The monoisotopic (exact) mass is 339 g/mol. The Labute approximate surface area is 146 Å². The molecule has 1 heterocycles. The summed E-state index contributed by atoms with van der Waals surface area (Å²) in [6.07, 6.45) is 0. The fourth-order valence-electron chi connectivity index (χ4n) is 2.30. The van der Waals surface area contributed by atoms with Gasteiger partial charge in [-0.1, -0.05) is 67.9 Å². The molecule has 1 amide bonds.